The van der Waals surface area contributed by atoms with E-state index in [1.165, 1.54) is 5.01 Å². The summed E-state index contributed by atoms with van der Waals surface area (Å²) in [6, 6.07) is 7.69. The topological polar surface area (TPSA) is 72.8 Å². The third kappa shape index (κ3) is 3.10. The van der Waals surface area contributed by atoms with Gasteiger partial charge in [0.05, 0.1) is 16.6 Å². The van der Waals surface area contributed by atoms with Crippen LogP contribution in [0.2, 0.25) is 0 Å². The molecule has 0 fully saturated rings. The molecule has 0 spiro atoms. The average Bonchev–Trinajstić information content (AvgIpc) is 3.23. The van der Waals surface area contributed by atoms with E-state index < -0.39 is 5.97 Å². The maximum absolute atomic E-state index is 12.3. The molecule has 5 nitrogen and oxygen atoms in total. The number of carboxylic acids is 1. The lowest BCUT2D eigenvalue weighted by Gasteiger charge is -2.20. The predicted octanol–water partition coefficient (Wildman–Crippen LogP) is 2.02. The Morgan fingerprint density at radius 3 is 2.64 bits per heavy atom. The maximum Gasteiger partial charge on any atom is 0.243 e. The van der Waals surface area contributed by atoms with Crippen molar-refractivity contribution in [2.24, 2.45) is 5.10 Å². The Kier molecular flexibility index (Phi) is 4.35. The van der Waals surface area contributed by atoms with Gasteiger partial charge in [-0.1, -0.05) is 12.1 Å². The molecule has 0 radical (unpaired) electrons. The Hall–Kier alpha value is -1.99. The molecule has 0 aliphatic carbocycles. The van der Waals surface area contributed by atoms with Crippen molar-refractivity contribution < 1.29 is 14.7 Å². The van der Waals surface area contributed by atoms with Crippen LogP contribution in [0.15, 0.2) is 40.1 Å². The molecule has 2 aromatic heterocycles. The van der Waals surface area contributed by atoms with Gasteiger partial charge in [0.25, 0.3) is 0 Å². The van der Waals surface area contributed by atoms with E-state index >= 15 is 0 Å². The SMILES string of the molecule is O=C([O-])CCC(=O)N1N=C(c2cccs2)CC1c1cccs1. The molecule has 1 aliphatic rings. The summed E-state index contributed by atoms with van der Waals surface area (Å²) < 4.78 is 0. The standard InChI is InChI=1S/C15H14N2O3S2/c18-14(5-6-15(19)20)17-11(13-4-2-8-22-13)9-10(16-17)12-3-1-7-21-12/h1-4,7-8,11H,5-6,9H2,(H,19,20)/p-1. The van der Waals surface area contributed by atoms with Gasteiger partial charge in [0.15, 0.2) is 0 Å². The smallest absolute Gasteiger partial charge is 0.243 e. The molecular formula is C15H13N2O3S2-. The van der Waals surface area contributed by atoms with Gasteiger partial charge in [-0.2, -0.15) is 5.10 Å². The molecule has 3 rings (SSSR count). The van der Waals surface area contributed by atoms with Crippen LogP contribution in [0, 0.1) is 0 Å². The van der Waals surface area contributed by atoms with Crippen molar-refractivity contribution in [3.05, 3.63) is 44.8 Å². The minimum atomic E-state index is -1.22. The van der Waals surface area contributed by atoms with Crippen LogP contribution in [0.4, 0.5) is 0 Å². The second kappa shape index (κ2) is 6.41. The summed E-state index contributed by atoms with van der Waals surface area (Å²) in [7, 11) is 0. The highest BCUT2D eigenvalue weighted by Crippen LogP contribution is 2.36. The molecule has 0 saturated heterocycles. The number of hydrogen-bond acceptors (Lipinski definition) is 6. The second-order valence-corrected chi connectivity index (χ2v) is 6.80. The molecule has 3 heterocycles. The van der Waals surface area contributed by atoms with Crippen molar-refractivity contribution in [3.8, 4) is 0 Å². The minimum absolute atomic E-state index is 0.0918. The van der Waals surface area contributed by atoms with Crippen molar-refractivity contribution in [1.82, 2.24) is 5.01 Å². The lowest BCUT2D eigenvalue weighted by Crippen LogP contribution is -2.29. The van der Waals surface area contributed by atoms with Gasteiger partial charge in [-0.3, -0.25) is 4.79 Å². The molecule has 0 saturated carbocycles. The van der Waals surface area contributed by atoms with E-state index in [0.717, 1.165) is 15.5 Å². The van der Waals surface area contributed by atoms with Gasteiger partial charge < -0.3 is 9.90 Å². The third-order valence-corrected chi connectivity index (χ3v) is 5.28. The van der Waals surface area contributed by atoms with Crippen molar-refractivity contribution in [1.29, 1.82) is 0 Å². The zero-order valence-electron chi connectivity index (χ0n) is 11.6. The molecule has 2 aromatic rings. The lowest BCUT2D eigenvalue weighted by atomic mass is 10.1. The number of amides is 1. The molecular weight excluding hydrogens is 320 g/mol. The highest BCUT2D eigenvalue weighted by molar-refractivity contribution is 7.12. The van der Waals surface area contributed by atoms with E-state index in [2.05, 4.69) is 5.10 Å². The summed E-state index contributed by atoms with van der Waals surface area (Å²) in [5, 5.41) is 20.4. The van der Waals surface area contributed by atoms with E-state index in [0.29, 0.717) is 6.42 Å². The summed E-state index contributed by atoms with van der Waals surface area (Å²) in [5.41, 5.74) is 0.871. The Labute approximate surface area is 135 Å². The van der Waals surface area contributed by atoms with Crippen molar-refractivity contribution >= 4 is 40.3 Å². The van der Waals surface area contributed by atoms with Crippen molar-refractivity contribution in [2.45, 2.75) is 25.3 Å². The van der Waals surface area contributed by atoms with Crippen LogP contribution in [0.3, 0.4) is 0 Å². The van der Waals surface area contributed by atoms with E-state index in [9.17, 15) is 14.7 Å². The Balaban J connectivity index is 1.84. The van der Waals surface area contributed by atoms with Crippen LogP contribution in [-0.4, -0.2) is 22.6 Å². The molecule has 1 atom stereocenters. The van der Waals surface area contributed by atoms with Gasteiger partial charge in [-0.05, 0) is 29.3 Å². The third-order valence-electron chi connectivity index (χ3n) is 3.39. The monoisotopic (exact) mass is 333 g/mol. The fourth-order valence-corrected chi connectivity index (χ4v) is 3.89. The Morgan fingerprint density at radius 2 is 2.00 bits per heavy atom. The first-order chi connectivity index (χ1) is 10.6. The number of carbonyl (C=O) groups excluding carboxylic acids is 2. The van der Waals surface area contributed by atoms with E-state index in [4.69, 9.17) is 0 Å². The summed E-state index contributed by atoms with van der Waals surface area (Å²) in [6.07, 6.45) is 0.278. The van der Waals surface area contributed by atoms with Crippen molar-refractivity contribution in [2.75, 3.05) is 0 Å². The number of rotatable bonds is 5. The molecule has 22 heavy (non-hydrogen) atoms. The lowest BCUT2D eigenvalue weighted by molar-refractivity contribution is -0.305. The van der Waals surface area contributed by atoms with E-state index in [1.54, 1.807) is 22.7 Å². The second-order valence-electron chi connectivity index (χ2n) is 4.87. The van der Waals surface area contributed by atoms with Gasteiger partial charge in [-0.15, -0.1) is 22.7 Å². The quantitative estimate of drug-likeness (QED) is 0.840. The van der Waals surface area contributed by atoms with Crippen LogP contribution in [0.1, 0.15) is 35.1 Å². The van der Waals surface area contributed by atoms with Crippen LogP contribution in [-0.2, 0) is 9.59 Å². The molecule has 0 N–H and O–H groups in total. The largest absolute Gasteiger partial charge is 0.550 e. The fraction of sp³-hybridized carbons (Fsp3) is 0.267. The maximum atomic E-state index is 12.3. The normalized spacial score (nSPS) is 17.5. The predicted molar refractivity (Wildman–Crippen MR) is 83.6 cm³/mol. The molecule has 0 aromatic carbocycles. The number of thiophene rings is 2. The minimum Gasteiger partial charge on any atom is -0.550 e. The van der Waals surface area contributed by atoms with Crippen LogP contribution < -0.4 is 5.11 Å². The van der Waals surface area contributed by atoms with Gasteiger partial charge in [-0.25, -0.2) is 5.01 Å². The van der Waals surface area contributed by atoms with Gasteiger partial charge >= 0.3 is 0 Å². The van der Waals surface area contributed by atoms with Crippen molar-refractivity contribution in [3.63, 3.8) is 0 Å². The van der Waals surface area contributed by atoms with E-state index in [-0.39, 0.29) is 24.8 Å². The molecule has 7 heteroatoms. The fourth-order valence-electron chi connectivity index (χ4n) is 2.36. The Bertz CT molecular complexity index is 692. The zero-order valence-corrected chi connectivity index (χ0v) is 13.2. The summed E-state index contributed by atoms with van der Waals surface area (Å²) in [5.74, 6) is -1.50. The highest BCUT2D eigenvalue weighted by Gasteiger charge is 2.33. The summed E-state index contributed by atoms with van der Waals surface area (Å²) >= 11 is 3.15. The summed E-state index contributed by atoms with van der Waals surface area (Å²) in [4.78, 5) is 25.0. The highest BCUT2D eigenvalue weighted by atomic mass is 32.1. The van der Waals surface area contributed by atoms with Crippen LogP contribution >= 0.6 is 22.7 Å². The molecule has 1 unspecified atom stereocenters. The summed E-state index contributed by atoms with van der Waals surface area (Å²) in [6.45, 7) is 0. The number of hydrogen-bond donors (Lipinski definition) is 0. The van der Waals surface area contributed by atoms with Gasteiger partial charge in [0.1, 0.15) is 0 Å². The molecule has 114 valence electrons. The molecule has 0 bridgehead atoms. The average molecular weight is 333 g/mol. The van der Waals surface area contributed by atoms with Gasteiger partial charge in [0, 0.05) is 23.7 Å². The number of aliphatic carboxylic acids is 1. The molecule has 1 aliphatic heterocycles. The first kappa shape index (κ1) is 14.9. The number of carbonyl (C=O) groups is 2. The number of carboxylic acid groups (broad SMARTS) is 1. The zero-order chi connectivity index (χ0) is 15.5. The van der Waals surface area contributed by atoms with Gasteiger partial charge in [0.2, 0.25) is 5.91 Å². The first-order valence-corrected chi connectivity index (χ1v) is 8.58. The van der Waals surface area contributed by atoms with Crippen LogP contribution in [0.25, 0.3) is 0 Å². The van der Waals surface area contributed by atoms with Crippen LogP contribution in [0.5, 0.6) is 0 Å². The molecule has 1 amide bonds. The van der Waals surface area contributed by atoms with E-state index in [1.807, 2.05) is 35.0 Å². The first-order valence-electron chi connectivity index (χ1n) is 6.82. The Morgan fingerprint density at radius 1 is 1.23 bits per heavy atom. The number of hydrazone groups is 1. The number of nitrogens with zero attached hydrogens (tertiary/aromatic N) is 2.